The summed E-state index contributed by atoms with van der Waals surface area (Å²) in [6.45, 7) is 5.21. The summed E-state index contributed by atoms with van der Waals surface area (Å²) in [7, 11) is 0. The summed E-state index contributed by atoms with van der Waals surface area (Å²) >= 11 is 1.89. The van der Waals surface area contributed by atoms with E-state index < -0.39 is 0 Å². The van der Waals surface area contributed by atoms with Gasteiger partial charge in [0.25, 0.3) is 0 Å². The molecule has 14 heavy (non-hydrogen) atoms. The average molecular weight is 216 g/mol. The first kappa shape index (κ1) is 11.9. The zero-order chi connectivity index (χ0) is 10.4. The van der Waals surface area contributed by atoms with Crippen molar-refractivity contribution in [2.75, 3.05) is 12.4 Å². The van der Waals surface area contributed by atoms with E-state index in [2.05, 4.69) is 25.3 Å². The molecule has 0 aromatic carbocycles. The number of thioether (sulfide) groups is 1. The fourth-order valence-electron chi connectivity index (χ4n) is 1.32. The lowest BCUT2D eigenvalue weighted by Gasteiger charge is -2.23. The van der Waals surface area contributed by atoms with Gasteiger partial charge < -0.3 is 4.74 Å². The Hall–Kier alpha value is -0.190. The van der Waals surface area contributed by atoms with Gasteiger partial charge in [-0.3, -0.25) is 5.84 Å². The van der Waals surface area contributed by atoms with Crippen molar-refractivity contribution in [3.63, 3.8) is 0 Å². The van der Waals surface area contributed by atoms with E-state index in [1.807, 2.05) is 11.8 Å². The van der Waals surface area contributed by atoms with Gasteiger partial charge in [0.05, 0.1) is 12.6 Å². The number of rotatable bonds is 5. The maximum atomic E-state index is 5.57. The van der Waals surface area contributed by atoms with E-state index in [0.717, 1.165) is 31.0 Å². The Bertz CT molecular complexity index is 195. The van der Waals surface area contributed by atoms with E-state index in [9.17, 15) is 0 Å². The van der Waals surface area contributed by atoms with Crippen LogP contribution in [0.3, 0.4) is 0 Å². The Kier molecular flexibility index (Phi) is 5.37. The van der Waals surface area contributed by atoms with Crippen molar-refractivity contribution in [1.82, 2.24) is 5.43 Å². The molecule has 0 fully saturated rings. The Labute approximate surface area is 90.4 Å². The second kappa shape index (κ2) is 6.32. The smallest absolute Gasteiger partial charge is 0.111 e. The number of hydrogen-bond donors (Lipinski definition) is 2. The number of nitrogens with two attached hydrogens (primary N) is 1. The van der Waals surface area contributed by atoms with Gasteiger partial charge in [-0.15, -0.1) is 0 Å². The molecule has 1 aliphatic heterocycles. The average Bonchev–Trinajstić information content (AvgIpc) is 2.20. The van der Waals surface area contributed by atoms with Crippen molar-refractivity contribution in [1.29, 1.82) is 0 Å². The van der Waals surface area contributed by atoms with E-state index in [0.29, 0.717) is 5.25 Å². The van der Waals surface area contributed by atoms with Gasteiger partial charge in [-0.25, -0.2) is 5.43 Å². The molecular formula is C10H20N2OS. The van der Waals surface area contributed by atoms with Crippen LogP contribution < -0.4 is 11.3 Å². The standard InChI is InChI=1S/C10H20N2OS/c1-8(2)14-7-9(12-11)10-5-3-4-6-13-10/h5,8-9,12H,3-4,6-7,11H2,1-2H3. The van der Waals surface area contributed by atoms with Crippen molar-refractivity contribution in [2.45, 2.75) is 38.0 Å². The summed E-state index contributed by atoms with van der Waals surface area (Å²) < 4.78 is 5.57. The van der Waals surface area contributed by atoms with E-state index in [1.165, 1.54) is 0 Å². The molecule has 3 nitrogen and oxygen atoms in total. The summed E-state index contributed by atoms with van der Waals surface area (Å²) in [4.78, 5) is 0. The highest BCUT2D eigenvalue weighted by Gasteiger charge is 2.16. The van der Waals surface area contributed by atoms with Gasteiger partial charge in [0.15, 0.2) is 0 Å². The minimum absolute atomic E-state index is 0.169. The summed E-state index contributed by atoms with van der Waals surface area (Å²) in [5.41, 5.74) is 2.81. The minimum atomic E-state index is 0.169. The first-order valence-electron chi connectivity index (χ1n) is 5.14. The van der Waals surface area contributed by atoms with Crippen LogP contribution in [0.1, 0.15) is 26.7 Å². The number of allylic oxidation sites excluding steroid dienone is 1. The maximum absolute atomic E-state index is 5.57. The first-order valence-corrected chi connectivity index (χ1v) is 6.19. The minimum Gasteiger partial charge on any atom is -0.497 e. The van der Waals surface area contributed by atoms with Crippen LogP contribution in [0.25, 0.3) is 0 Å². The summed E-state index contributed by atoms with van der Waals surface area (Å²) in [6.07, 6.45) is 4.38. The molecular weight excluding hydrogens is 196 g/mol. The number of ether oxygens (including phenoxy) is 1. The molecule has 1 unspecified atom stereocenters. The first-order chi connectivity index (χ1) is 6.74. The van der Waals surface area contributed by atoms with Crippen LogP contribution in [0, 0.1) is 0 Å². The molecule has 82 valence electrons. The van der Waals surface area contributed by atoms with Gasteiger partial charge in [0.2, 0.25) is 0 Å². The monoisotopic (exact) mass is 216 g/mol. The molecule has 1 aliphatic rings. The third-order valence-corrected chi connectivity index (χ3v) is 3.30. The lowest BCUT2D eigenvalue weighted by Crippen LogP contribution is -2.40. The van der Waals surface area contributed by atoms with Crippen molar-refractivity contribution < 1.29 is 4.74 Å². The SMILES string of the molecule is CC(C)SCC(NN)C1=CCCCO1. The lowest BCUT2D eigenvalue weighted by molar-refractivity contribution is 0.172. The molecule has 1 rings (SSSR count). The van der Waals surface area contributed by atoms with Crippen LogP contribution in [-0.4, -0.2) is 23.7 Å². The third-order valence-electron chi connectivity index (χ3n) is 2.10. The Balaban J connectivity index is 2.39. The summed E-state index contributed by atoms with van der Waals surface area (Å²) in [6, 6.07) is 0.169. The molecule has 0 bridgehead atoms. The van der Waals surface area contributed by atoms with Gasteiger partial charge in [0.1, 0.15) is 5.76 Å². The molecule has 0 aliphatic carbocycles. The fourth-order valence-corrected chi connectivity index (χ4v) is 2.16. The largest absolute Gasteiger partial charge is 0.497 e. The second-order valence-electron chi connectivity index (χ2n) is 3.70. The Morgan fingerprint density at radius 3 is 2.93 bits per heavy atom. The van der Waals surface area contributed by atoms with Crippen LogP contribution in [0.5, 0.6) is 0 Å². The molecule has 0 aromatic rings. The van der Waals surface area contributed by atoms with Crippen molar-refractivity contribution in [3.05, 3.63) is 11.8 Å². The summed E-state index contributed by atoms with van der Waals surface area (Å²) in [5, 5.41) is 0.634. The van der Waals surface area contributed by atoms with E-state index in [-0.39, 0.29) is 6.04 Å². The highest BCUT2D eigenvalue weighted by Crippen LogP contribution is 2.18. The molecule has 0 spiro atoms. The molecule has 1 heterocycles. The van der Waals surface area contributed by atoms with Crippen LogP contribution in [-0.2, 0) is 4.74 Å². The fraction of sp³-hybridized carbons (Fsp3) is 0.800. The van der Waals surface area contributed by atoms with Gasteiger partial charge in [-0.05, 0) is 24.2 Å². The number of hydrazine groups is 1. The highest BCUT2D eigenvalue weighted by atomic mass is 32.2. The van der Waals surface area contributed by atoms with Crippen molar-refractivity contribution in [3.8, 4) is 0 Å². The molecule has 0 amide bonds. The molecule has 0 saturated carbocycles. The molecule has 1 atom stereocenters. The molecule has 3 N–H and O–H groups in total. The van der Waals surface area contributed by atoms with Gasteiger partial charge in [-0.1, -0.05) is 13.8 Å². The molecule has 4 heteroatoms. The second-order valence-corrected chi connectivity index (χ2v) is 5.31. The third kappa shape index (κ3) is 3.90. The summed E-state index contributed by atoms with van der Waals surface area (Å²) in [5.74, 6) is 7.50. The van der Waals surface area contributed by atoms with E-state index in [4.69, 9.17) is 10.6 Å². The zero-order valence-corrected chi connectivity index (χ0v) is 9.77. The van der Waals surface area contributed by atoms with Crippen LogP contribution in [0.2, 0.25) is 0 Å². The zero-order valence-electron chi connectivity index (χ0n) is 8.95. The topological polar surface area (TPSA) is 47.3 Å². The van der Waals surface area contributed by atoms with Crippen LogP contribution >= 0.6 is 11.8 Å². The molecule has 0 aromatic heterocycles. The Morgan fingerprint density at radius 1 is 1.64 bits per heavy atom. The number of hydrogen-bond acceptors (Lipinski definition) is 4. The number of nitrogens with one attached hydrogen (secondary N) is 1. The Morgan fingerprint density at radius 2 is 2.43 bits per heavy atom. The van der Waals surface area contributed by atoms with E-state index >= 15 is 0 Å². The lowest BCUT2D eigenvalue weighted by atomic mass is 10.2. The van der Waals surface area contributed by atoms with Crippen molar-refractivity contribution in [2.24, 2.45) is 5.84 Å². The normalized spacial score (nSPS) is 19.0. The quantitative estimate of drug-likeness (QED) is 0.542. The van der Waals surface area contributed by atoms with Gasteiger partial charge in [-0.2, -0.15) is 11.8 Å². The van der Waals surface area contributed by atoms with Crippen LogP contribution in [0.4, 0.5) is 0 Å². The predicted molar refractivity (Wildman–Crippen MR) is 62.0 cm³/mol. The predicted octanol–water partition coefficient (Wildman–Crippen LogP) is 1.65. The van der Waals surface area contributed by atoms with Crippen molar-refractivity contribution >= 4 is 11.8 Å². The maximum Gasteiger partial charge on any atom is 0.111 e. The highest BCUT2D eigenvalue weighted by molar-refractivity contribution is 7.99. The molecule has 0 radical (unpaired) electrons. The van der Waals surface area contributed by atoms with Gasteiger partial charge in [0, 0.05) is 5.75 Å². The van der Waals surface area contributed by atoms with E-state index in [1.54, 1.807) is 0 Å². The van der Waals surface area contributed by atoms with Gasteiger partial charge >= 0.3 is 0 Å². The molecule has 0 saturated heterocycles. The van der Waals surface area contributed by atoms with Crippen LogP contribution in [0.15, 0.2) is 11.8 Å².